The van der Waals surface area contributed by atoms with Gasteiger partial charge in [0.05, 0.1) is 0 Å². The van der Waals surface area contributed by atoms with E-state index < -0.39 is 0 Å². The Hall–Kier alpha value is -1.02. The van der Waals surface area contributed by atoms with E-state index in [1.54, 1.807) is 0 Å². The predicted octanol–water partition coefficient (Wildman–Crippen LogP) is 3.58. The first-order chi connectivity index (χ1) is 8.15. The largest absolute Gasteiger partial charge is 0.492 e. The van der Waals surface area contributed by atoms with E-state index >= 15 is 0 Å². The summed E-state index contributed by atoms with van der Waals surface area (Å²) in [6.45, 7) is 10.4. The van der Waals surface area contributed by atoms with Gasteiger partial charge in [-0.25, -0.2) is 0 Å². The Labute approximate surface area is 105 Å². The van der Waals surface area contributed by atoms with E-state index in [0.717, 1.165) is 25.3 Å². The van der Waals surface area contributed by atoms with Crippen molar-refractivity contribution in [2.75, 3.05) is 13.2 Å². The smallest absolute Gasteiger partial charge is 0.122 e. The Bertz CT molecular complexity index is 322. The third-order valence-electron chi connectivity index (χ3n) is 2.97. The maximum atomic E-state index is 5.85. The molecule has 0 fully saturated rings. The van der Waals surface area contributed by atoms with E-state index in [-0.39, 0.29) is 0 Å². The quantitative estimate of drug-likeness (QED) is 0.729. The molecule has 0 saturated carbocycles. The van der Waals surface area contributed by atoms with Crippen molar-refractivity contribution in [3.8, 4) is 5.75 Å². The molecule has 0 bridgehead atoms. The fourth-order valence-corrected chi connectivity index (χ4v) is 1.75. The average Bonchev–Trinajstić information content (AvgIpc) is 2.34. The van der Waals surface area contributed by atoms with Crippen LogP contribution in [0.5, 0.6) is 5.75 Å². The molecule has 0 radical (unpaired) electrons. The van der Waals surface area contributed by atoms with E-state index in [1.807, 2.05) is 6.07 Å². The normalized spacial score (nSPS) is 12.8. The van der Waals surface area contributed by atoms with Gasteiger partial charge in [0, 0.05) is 12.6 Å². The molecule has 0 aliphatic rings. The van der Waals surface area contributed by atoms with Crippen LogP contribution in [-0.4, -0.2) is 19.2 Å². The summed E-state index contributed by atoms with van der Waals surface area (Å²) in [5, 5.41) is 3.35. The van der Waals surface area contributed by atoms with Crippen LogP contribution in [0.4, 0.5) is 0 Å². The second-order valence-electron chi connectivity index (χ2n) is 4.80. The van der Waals surface area contributed by atoms with Gasteiger partial charge in [-0.1, -0.05) is 45.9 Å². The highest BCUT2D eigenvalue weighted by molar-refractivity contribution is 5.35. The highest BCUT2D eigenvalue weighted by Crippen LogP contribution is 2.28. The summed E-state index contributed by atoms with van der Waals surface area (Å²) in [6, 6.07) is 8.87. The first-order valence-electron chi connectivity index (χ1n) is 6.60. The molecule has 0 aliphatic carbocycles. The molecule has 0 saturated heterocycles. The molecular formula is C15H25NO. The molecule has 0 unspecified atom stereocenters. The molecule has 1 N–H and O–H groups in total. The van der Waals surface area contributed by atoms with Crippen molar-refractivity contribution < 1.29 is 4.74 Å². The Morgan fingerprint density at radius 2 is 1.88 bits per heavy atom. The minimum absolute atomic E-state index is 0.517. The number of rotatable bonds is 7. The van der Waals surface area contributed by atoms with Crippen molar-refractivity contribution in [1.29, 1.82) is 0 Å². The lowest BCUT2D eigenvalue weighted by Crippen LogP contribution is -2.27. The maximum absolute atomic E-state index is 5.85. The Kier molecular flexibility index (Phi) is 6.06. The highest BCUT2D eigenvalue weighted by atomic mass is 16.5. The van der Waals surface area contributed by atoms with Gasteiger partial charge in [0.2, 0.25) is 0 Å². The van der Waals surface area contributed by atoms with Crippen LogP contribution in [0.15, 0.2) is 24.3 Å². The number of nitrogens with one attached hydrogen (secondary N) is 1. The lowest BCUT2D eigenvalue weighted by molar-refractivity contribution is 0.304. The third-order valence-corrected chi connectivity index (χ3v) is 2.97. The Morgan fingerprint density at radius 1 is 1.18 bits per heavy atom. The summed E-state index contributed by atoms with van der Waals surface area (Å²) in [6.07, 6.45) is 1.14. The highest BCUT2D eigenvalue weighted by Gasteiger charge is 2.08. The van der Waals surface area contributed by atoms with Gasteiger partial charge in [-0.15, -0.1) is 0 Å². The molecule has 1 atom stereocenters. The first-order valence-corrected chi connectivity index (χ1v) is 6.60. The monoisotopic (exact) mass is 235 g/mol. The third kappa shape index (κ3) is 4.78. The molecule has 1 aromatic rings. The minimum Gasteiger partial charge on any atom is -0.492 e. The molecule has 1 rings (SSSR count). The van der Waals surface area contributed by atoms with Crippen LogP contribution in [0.25, 0.3) is 0 Å². The van der Waals surface area contributed by atoms with Crippen LogP contribution in [0.1, 0.15) is 45.6 Å². The molecule has 2 nitrogen and oxygen atoms in total. The van der Waals surface area contributed by atoms with Gasteiger partial charge < -0.3 is 10.1 Å². The van der Waals surface area contributed by atoms with E-state index in [2.05, 4.69) is 51.2 Å². The average molecular weight is 235 g/mol. The van der Waals surface area contributed by atoms with Gasteiger partial charge in [-0.2, -0.15) is 0 Å². The molecule has 0 heterocycles. The van der Waals surface area contributed by atoms with Crippen molar-refractivity contribution in [3.63, 3.8) is 0 Å². The fourth-order valence-electron chi connectivity index (χ4n) is 1.75. The number of para-hydroxylation sites is 1. The zero-order valence-electron chi connectivity index (χ0n) is 11.5. The molecule has 0 spiro atoms. The number of hydrogen-bond donors (Lipinski definition) is 1. The maximum Gasteiger partial charge on any atom is 0.122 e. The number of benzene rings is 1. The summed E-state index contributed by atoms with van der Waals surface area (Å²) >= 11 is 0. The standard InChI is InChI=1S/C15H25NO/c1-5-13(4)14-8-6-7-9-15(14)17-11-10-16-12(2)3/h6-9,12-13,16H,5,10-11H2,1-4H3/t13-/m0/s1. The van der Waals surface area contributed by atoms with Crippen LogP contribution < -0.4 is 10.1 Å². The van der Waals surface area contributed by atoms with E-state index in [9.17, 15) is 0 Å². The molecule has 0 aromatic heterocycles. The minimum atomic E-state index is 0.517. The summed E-state index contributed by atoms with van der Waals surface area (Å²) in [7, 11) is 0. The SMILES string of the molecule is CC[C@H](C)c1ccccc1OCCNC(C)C. The lowest BCUT2D eigenvalue weighted by Gasteiger charge is -2.16. The van der Waals surface area contributed by atoms with Crippen LogP contribution in [0, 0.1) is 0 Å². The topological polar surface area (TPSA) is 21.3 Å². The van der Waals surface area contributed by atoms with Gasteiger partial charge in [-0.3, -0.25) is 0 Å². The Morgan fingerprint density at radius 3 is 2.53 bits per heavy atom. The molecule has 0 aliphatic heterocycles. The van der Waals surface area contributed by atoms with E-state index in [4.69, 9.17) is 4.74 Å². The summed E-state index contributed by atoms with van der Waals surface area (Å²) in [5.74, 6) is 1.59. The molecule has 17 heavy (non-hydrogen) atoms. The predicted molar refractivity (Wildman–Crippen MR) is 73.8 cm³/mol. The van der Waals surface area contributed by atoms with Gasteiger partial charge in [0.25, 0.3) is 0 Å². The van der Waals surface area contributed by atoms with Crippen LogP contribution in [0.2, 0.25) is 0 Å². The fraction of sp³-hybridized carbons (Fsp3) is 0.600. The second-order valence-corrected chi connectivity index (χ2v) is 4.80. The molecule has 0 amide bonds. The van der Waals surface area contributed by atoms with E-state index in [1.165, 1.54) is 5.56 Å². The molecule has 1 aromatic carbocycles. The van der Waals surface area contributed by atoms with Crippen LogP contribution in [0.3, 0.4) is 0 Å². The first kappa shape index (κ1) is 14.0. The van der Waals surface area contributed by atoms with Gasteiger partial charge >= 0.3 is 0 Å². The van der Waals surface area contributed by atoms with Gasteiger partial charge in [-0.05, 0) is 24.0 Å². The molecule has 96 valence electrons. The van der Waals surface area contributed by atoms with Crippen LogP contribution >= 0.6 is 0 Å². The summed E-state index contributed by atoms with van der Waals surface area (Å²) in [5.41, 5.74) is 1.32. The van der Waals surface area contributed by atoms with Gasteiger partial charge in [0.15, 0.2) is 0 Å². The van der Waals surface area contributed by atoms with Crippen molar-refractivity contribution >= 4 is 0 Å². The van der Waals surface area contributed by atoms with Crippen molar-refractivity contribution in [3.05, 3.63) is 29.8 Å². The van der Waals surface area contributed by atoms with E-state index in [0.29, 0.717) is 12.0 Å². The van der Waals surface area contributed by atoms with Crippen LogP contribution in [-0.2, 0) is 0 Å². The zero-order valence-corrected chi connectivity index (χ0v) is 11.5. The summed E-state index contributed by atoms with van der Waals surface area (Å²) < 4.78 is 5.85. The number of ether oxygens (including phenoxy) is 1. The van der Waals surface area contributed by atoms with Crippen molar-refractivity contribution in [2.45, 2.75) is 46.1 Å². The Balaban J connectivity index is 2.52. The molecular weight excluding hydrogens is 210 g/mol. The second kappa shape index (κ2) is 7.33. The molecule has 2 heteroatoms. The lowest BCUT2D eigenvalue weighted by atomic mass is 9.98. The van der Waals surface area contributed by atoms with Crippen molar-refractivity contribution in [2.24, 2.45) is 0 Å². The van der Waals surface area contributed by atoms with Gasteiger partial charge in [0.1, 0.15) is 12.4 Å². The summed E-state index contributed by atoms with van der Waals surface area (Å²) in [4.78, 5) is 0. The van der Waals surface area contributed by atoms with Crippen molar-refractivity contribution in [1.82, 2.24) is 5.32 Å². The zero-order chi connectivity index (χ0) is 12.7. The number of hydrogen-bond acceptors (Lipinski definition) is 2.